The van der Waals surface area contributed by atoms with Gasteiger partial charge in [-0.05, 0) is 139 Å². The maximum absolute atomic E-state index is 6.75. The molecule has 0 bridgehead atoms. The zero-order chi connectivity index (χ0) is 44.8. The SMILES string of the molecule is c1ccc(-c2cccc3ccc(N(c4ccccc4)c4ccc5c(c4)C4(c6ccccc6-5)c5ccccc5-c5ccc(N(c6ccccc6)c6cccc7c6oc6ccccc67)cc54)cc23)cc1. The zero-order valence-corrected chi connectivity index (χ0v) is 37.1. The minimum absolute atomic E-state index is 0.607. The third kappa shape index (κ3) is 5.60. The van der Waals surface area contributed by atoms with Crippen molar-refractivity contribution in [1.29, 1.82) is 0 Å². The first kappa shape index (κ1) is 38.4. The fraction of sp³-hybridized carbons (Fsp3) is 0.0154. The van der Waals surface area contributed by atoms with E-state index in [0.29, 0.717) is 0 Å². The van der Waals surface area contributed by atoms with E-state index in [9.17, 15) is 0 Å². The van der Waals surface area contributed by atoms with Gasteiger partial charge >= 0.3 is 0 Å². The third-order valence-electron chi connectivity index (χ3n) is 14.4. The van der Waals surface area contributed by atoms with Crippen molar-refractivity contribution in [3.63, 3.8) is 0 Å². The molecule has 12 aromatic rings. The summed E-state index contributed by atoms with van der Waals surface area (Å²) in [5, 5.41) is 4.64. The van der Waals surface area contributed by atoms with Crippen molar-refractivity contribution in [2.45, 2.75) is 5.41 Å². The van der Waals surface area contributed by atoms with Gasteiger partial charge in [0, 0.05) is 39.2 Å². The van der Waals surface area contributed by atoms with Gasteiger partial charge in [0.1, 0.15) is 5.58 Å². The molecule has 0 N–H and O–H groups in total. The molecule has 1 atom stereocenters. The van der Waals surface area contributed by atoms with Crippen molar-refractivity contribution in [2.75, 3.05) is 9.80 Å². The molecule has 68 heavy (non-hydrogen) atoms. The van der Waals surface area contributed by atoms with E-state index in [2.05, 4.69) is 259 Å². The smallest absolute Gasteiger partial charge is 0.159 e. The first-order chi connectivity index (χ1) is 33.7. The highest BCUT2D eigenvalue weighted by atomic mass is 16.3. The lowest BCUT2D eigenvalue weighted by molar-refractivity contribution is 0.669. The average molecular weight is 867 g/mol. The van der Waals surface area contributed by atoms with E-state index in [0.717, 1.165) is 56.1 Å². The maximum atomic E-state index is 6.75. The Morgan fingerprint density at radius 2 is 0.794 bits per heavy atom. The second-order valence-corrected chi connectivity index (χ2v) is 18.0. The van der Waals surface area contributed by atoms with Gasteiger partial charge in [0.2, 0.25) is 0 Å². The van der Waals surface area contributed by atoms with Crippen LogP contribution in [0.2, 0.25) is 0 Å². The number of nitrogens with zero attached hydrogens (tertiary/aromatic N) is 2. The number of benzene rings is 11. The van der Waals surface area contributed by atoms with Crippen LogP contribution in [0, 0.1) is 0 Å². The number of anilines is 6. The summed E-state index contributed by atoms with van der Waals surface area (Å²) >= 11 is 0. The summed E-state index contributed by atoms with van der Waals surface area (Å²) in [6.45, 7) is 0. The highest BCUT2D eigenvalue weighted by Crippen LogP contribution is 2.64. The van der Waals surface area contributed by atoms with Crippen LogP contribution in [-0.4, -0.2) is 0 Å². The lowest BCUT2D eigenvalue weighted by Crippen LogP contribution is -2.26. The fourth-order valence-electron chi connectivity index (χ4n) is 11.6. The van der Waals surface area contributed by atoms with Gasteiger partial charge in [0.05, 0.1) is 11.1 Å². The average Bonchev–Trinajstić information content (AvgIpc) is 4.04. The van der Waals surface area contributed by atoms with E-state index in [4.69, 9.17) is 4.42 Å². The second-order valence-electron chi connectivity index (χ2n) is 18.0. The van der Waals surface area contributed by atoms with Crippen LogP contribution >= 0.6 is 0 Å². The van der Waals surface area contributed by atoms with Gasteiger partial charge in [0.25, 0.3) is 0 Å². The summed E-state index contributed by atoms with van der Waals surface area (Å²) in [6, 6.07) is 93.1. The quantitative estimate of drug-likeness (QED) is 0.159. The molecule has 3 nitrogen and oxygen atoms in total. The molecular weight excluding hydrogens is 825 g/mol. The van der Waals surface area contributed by atoms with E-state index >= 15 is 0 Å². The Morgan fingerprint density at radius 1 is 0.294 bits per heavy atom. The van der Waals surface area contributed by atoms with Crippen molar-refractivity contribution in [2.24, 2.45) is 0 Å². The molecule has 0 aliphatic heterocycles. The molecule has 0 saturated carbocycles. The van der Waals surface area contributed by atoms with Crippen molar-refractivity contribution < 1.29 is 4.42 Å². The molecule has 0 saturated heterocycles. The molecule has 1 spiro atoms. The van der Waals surface area contributed by atoms with Crippen molar-refractivity contribution in [1.82, 2.24) is 0 Å². The van der Waals surface area contributed by atoms with Gasteiger partial charge in [-0.15, -0.1) is 0 Å². The first-order valence-corrected chi connectivity index (χ1v) is 23.4. The molecule has 2 aliphatic carbocycles. The first-order valence-electron chi connectivity index (χ1n) is 23.4. The molecule has 2 aliphatic rings. The van der Waals surface area contributed by atoms with Crippen LogP contribution in [0.25, 0.3) is 66.1 Å². The molecule has 1 unspecified atom stereocenters. The summed E-state index contributed by atoms with van der Waals surface area (Å²) in [5.74, 6) is 0. The highest BCUT2D eigenvalue weighted by molar-refractivity contribution is 6.10. The molecule has 318 valence electrons. The second kappa shape index (κ2) is 15.1. The topological polar surface area (TPSA) is 19.6 Å². The molecule has 14 rings (SSSR count). The fourth-order valence-corrected chi connectivity index (χ4v) is 11.6. The number of rotatable bonds is 7. The van der Waals surface area contributed by atoms with Crippen LogP contribution in [0.1, 0.15) is 22.3 Å². The predicted molar refractivity (Wildman–Crippen MR) is 282 cm³/mol. The molecular formula is C65H42N2O. The molecule has 0 amide bonds. The Labute approximate surface area is 395 Å². The van der Waals surface area contributed by atoms with Crippen molar-refractivity contribution in [3.8, 4) is 33.4 Å². The molecule has 11 aromatic carbocycles. The van der Waals surface area contributed by atoms with Crippen molar-refractivity contribution >= 4 is 66.8 Å². The minimum atomic E-state index is -0.607. The number of hydrogen-bond donors (Lipinski definition) is 0. The predicted octanol–water partition coefficient (Wildman–Crippen LogP) is 17.7. The van der Waals surface area contributed by atoms with Crippen LogP contribution in [0.5, 0.6) is 0 Å². The summed E-state index contributed by atoms with van der Waals surface area (Å²) in [5.41, 5.74) is 20.1. The van der Waals surface area contributed by atoms with Gasteiger partial charge < -0.3 is 14.2 Å². The van der Waals surface area contributed by atoms with E-state index in [-0.39, 0.29) is 0 Å². The normalized spacial score (nSPS) is 14.2. The summed E-state index contributed by atoms with van der Waals surface area (Å²) in [6.07, 6.45) is 0. The van der Waals surface area contributed by atoms with Crippen LogP contribution in [-0.2, 0) is 5.41 Å². The van der Waals surface area contributed by atoms with E-state index in [1.165, 1.54) is 66.4 Å². The number of fused-ring (bicyclic) bond motifs is 14. The number of hydrogen-bond acceptors (Lipinski definition) is 3. The molecule has 0 radical (unpaired) electrons. The van der Waals surface area contributed by atoms with Crippen molar-refractivity contribution in [3.05, 3.63) is 277 Å². The number of furan rings is 1. The van der Waals surface area contributed by atoms with Crippen LogP contribution in [0.3, 0.4) is 0 Å². The molecule has 1 aromatic heterocycles. The summed E-state index contributed by atoms with van der Waals surface area (Å²) < 4.78 is 6.75. The van der Waals surface area contributed by atoms with Crippen LogP contribution in [0.15, 0.2) is 259 Å². The monoisotopic (exact) mass is 866 g/mol. The standard InChI is InChI=1S/C65H42N2O/c1-4-18-43(19-5-1)50-28-16-20-44-34-35-47(40-57(44)50)66(45-21-6-2-7-22-45)48-36-38-53-51-25-10-13-30-58(51)65(60(53)41-48)59-31-14-11-26-52(59)54-39-37-49(42-61(54)65)67(46-23-8-3-9-24-46)62-32-17-29-56-55-27-12-15-33-63(55)68-64(56)62/h1-42H. The Morgan fingerprint density at radius 3 is 1.49 bits per heavy atom. The van der Waals surface area contributed by atoms with E-state index in [1.54, 1.807) is 0 Å². The molecule has 3 heteroatoms. The zero-order valence-electron chi connectivity index (χ0n) is 37.1. The maximum Gasteiger partial charge on any atom is 0.159 e. The van der Waals surface area contributed by atoms with Gasteiger partial charge in [-0.25, -0.2) is 0 Å². The van der Waals surface area contributed by atoms with Gasteiger partial charge in [0.15, 0.2) is 5.58 Å². The lowest BCUT2D eigenvalue weighted by atomic mass is 9.70. The summed E-state index contributed by atoms with van der Waals surface area (Å²) in [4.78, 5) is 4.81. The van der Waals surface area contributed by atoms with Gasteiger partial charge in [-0.2, -0.15) is 0 Å². The van der Waals surface area contributed by atoms with E-state index < -0.39 is 5.41 Å². The summed E-state index contributed by atoms with van der Waals surface area (Å²) in [7, 11) is 0. The minimum Gasteiger partial charge on any atom is -0.454 e. The van der Waals surface area contributed by atoms with Gasteiger partial charge in [-0.1, -0.05) is 182 Å². The van der Waals surface area contributed by atoms with Crippen LogP contribution < -0.4 is 9.80 Å². The Balaban J connectivity index is 1.01. The molecule has 1 heterocycles. The largest absolute Gasteiger partial charge is 0.454 e. The van der Waals surface area contributed by atoms with E-state index in [1.807, 2.05) is 6.07 Å². The third-order valence-corrected chi connectivity index (χ3v) is 14.4. The lowest BCUT2D eigenvalue weighted by Gasteiger charge is -2.33. The van der Waals surface area contributed by atoms with Crippen LogP contribution in [0.4, 0.5) is 34.1 Å². The Kier molecular flexibility index (Phi) is 8.50. The highest BCUT2D eigenvalue weighted by Gasteiger charge is 2.52. The molecule has 0 fully saturated rings. The Hall–Kier alpha value is -8.92. The Bertz CT molecular complexity index is 3920. The number of para-hydroxylation sites is 4. The van der Waals surface area contributed by atoms with Gasteiger partial charge in [-0.3, -0.25) is 0 Å².